The summed E-state index contributed by atoms with van der Waals surface area (Å²) in [6.07, 6.45) is -1.98. The van der Waals surface area contributed by atoms with Crippen LogP contribution in [0.4, 0.5) is 13.2 Å². The molecule has 0 aliphatic carbocycles. The van der Waals surface area contributed by atoms with Crippen LogP contribution < -0.4 is 10.6 Å². The van der Waals surface area contributed by atoms with Gasteiger partial charge in [0.1, 0.15) is 0 Å². The molecule has 8 heteroatoms. The van der Waals surface area contributed by atoms with Gasteiger partial charge in [-0.25, -0.2) is 0 Å². The zero-order chi connectivity index (χ0) is 16.9. The second-order valence-corrected chi connectivity index (χ2v) is 5.78. The highest BCUT2D eigenvalue weighted by Crippen LogP contribution is 2.29. The van der Waals surface area contributed by atoms with E-state index in [9.17, 15) is 13.2 Å². The van der Waals surface area contributed by atoms with E-state index in [4.69, 9.17) is 0 Å². The first-order valence-electron chi connectivity index (χ1n) is 7.71. The number of guanidine groups is 1. The predicted molar refractivity (Wildman–Crippen MR) is 101 cm³/mol. The summed E-state index contributed by atoms with van der Waals surface area (Å²) in [5.74, 6) is 0.600. The van der Waals surface area contributed by atoms with Crippen LogP contribution >= 0.6 is 24.0 Å². The fourth-order valence-corrected chi connectivity index (χ4v) is 2.72. The highest BCUT2D eigenvalue weighted by molar-refractivity contribution is 14.0. The minimum Gasteiger partial charge on any atom is -0.355 e. The fraction of sp³-hybridized carbons (Fsp3) is 0.562. The van der Waals surface area contributed by atoms with Crippen LogP contribution in [0.5, 0.6) is 0 Å². The van der Waals surface area contributed by atoms with Gasteiger partial charge in [-0.05, 0) is 44.1 Å². The van der Waals surface area contributed by atoms with Crippen molar-refractivity contribution in [1.82, 2.24) is 15.5 Å². The van der Waals surface area contributed by atoms with E-state index in [2.05, 4.69) is 27.6 Å². The van der Waals surface area contributed by atoms with Crippen LogP contribution in [-0.4, -0.2) is 44.1 Å². The topological polar surface area (TPSA) is 39.7 Å². The lowest BCUT2D eigenvalue weighted by atomic mass is 10.1. The van der Waals surface area contributed by atoms with Crippen molar-refractivity contribution in [3.63, 3.8) is 0 Å². The molecule has 0 spiro atoms. The zero-order valence-electron chi connectivity index (χ0n) is 13.9. The fourth-order valence-electron chi connectivity index (χ4n) is 2.72. The maximum Gasteiger partial charge on any atom is 0.416 e. The number of alkyl halides is 3. The van der Waals surface area contributed by atoms with Crippen molar-refractivity contribution in [2.75, 3.05) is 27.2 Å². The van der Waals surface area contributed by atoms with Crippen LogP contribution in [0.3, 0.4) is 0 Å². The second kappa shape index (κ2) is 9.45. The number of hydrogen-bond donors (Lipinski definition) is 2. The monoisotopic (exact) mass is 456 g/mol. The summed E-state index contributed by atoms with van der Waals surface area (Å²) in [6.45, 7) is 2.17. The Morgan fingerprint density at radius 2 is 2.08 bits per heavy atom. The second-order valence-electron chi connectivity index (χ2n) is 5.78. The number of rotatable bonds is 4. The molecule has 4 nitrogen and oxygen atoms in total. The molecular weight excluding hydrogens is 432 g/mol. The van der Waals surface area contributed by atoms with Crippen LogP contribution in [0.15, 0.2) is 29.3 Å². The van der Waals surface area contributed by atoms with Gasteiger partial charge in [-0.1, -0.05) is 12.1 Å². The number of aliphatic imine (C=N–C) groups is 1. The lowest BCUT2D eigenvalue weighted by Crippen LogP contribution is -2.43. The summed E-state index contributed by atoms with van der Waals surface area (Å²) in [4.78, 5) is 6.41. The number of benzene rings is 1. The quantitative estimate of drug-likeness (QED) is 0.416. The average molecular weight is 456 g/mol. The Morgan fingerprint density at radius 1 is 1.33 bits per heavy atom. The molecule has 1 aliphatic heterocycles. The van der Waals surface area contributed by atoms with Gasteiger partial charge in [0.15, 0.2) is 5.96 Å². The molecule has 0 radical (unpaired) electrons. The van der Waals surface area contributed by atoms with Crippen LogP contribution in [0, 0.1) is 0 Å². The van der Waals surface area contributed by atoms with Crippen molar-refractivity contribution >= 4 is 29.9 Å². The van der Waals surface area contributed by atoms with Gasteiger partial charge in [-0.2, -0.15) is 13.2 Å². The van der Waals surface area contributed by atoms with Crippen molar-refractivity contribution in [1.29, 1.82) is 0 Å². The van der Waals surface area contributed by atoms with Crippen LogP contribution in [0.1, 0.15) is 24.0 Å². The predicted octanol–water partition coefficient (Wildman–Crippen LogP) is 3.08. The van der Waals surface area contributed by atoms with E-state index in [-0.39, 0.29) is 24.0 Å². The van der Waals surface area contributed by atoms with Gasteiger partial charge in [-0.15, -0.1) is 24.0 Å². The van der Waals surface area contributed by atoms with E-state index in [1.165, 1.54) is 12.5 Å². The molecule has 1 atom stereocenters. The third-order valence-electron chi connectivity index (χ3n) is 4.11. The van der Waals surface area contributed by atoms with Gasteiger partial charge in [0.25, 0.3) is 0 Å². The van der Waals surface area contributed by atoms with E-state index in [0.29, 0.717) is 24.1 Å². The maximum absolute atomic E-state index is 12.7. The number of hydrogen-bond acceptors (Lipinski definition) is 2. The van der Waals surface area contributed by atoms with Gasteiger partial charge in [0, 0.05) is 26.2 Å². The Morgan fingerprint density at radius 3 is 2.67 bits per heavy atom. The van der Waals surface area contributed by atoms with Crippen LogP contribution in [0.25, 0.3) is 0 Å². The highest BCUT2D eigenvalue weighted by Gasteiger charge is 2.30. The summed E-state index contributed by atoms with van der Waals surface area (Å²) < 4.78 is 38.1. The molecule has 0 aromatic heterocycles. The molecule has 1 aliphatic rings. The summed E-state index contributed by atoms with van der Waals surface area (Å²) in [7, 11) is 3.75. The van der Waals surface area contributed by atoms with Crippen molar-refractivity contribution in [3.8, 4) is 0 Å². The van der Waals surface area contributed by atoms with E-state index < -0.39 is 11.7 Å². The molecule has 1 saturated heterocycles. The third kappa shape index (κ3) is 6.12. The summed E-state index contributed by atoms with van der Waals surface area (Å²) in [6, 6.07) is 5.79. The molecule has 1 aromatic rings. The molecule has 24 heavy (non-hydrogen) atoms. The normalized spacial score (nSPS) is 19.0. The number of halogens is 4. The minimum atomic E-state index is -4.32. The lowest BCUT2D eigenvalue weighted by Gasteiger charge is -2.21. The molecule has 2 rings (SSSR count). The zero-order valence-corrected chi connectivity index (χ0v) is 16.2. The van der Waals surface area contributed by atoms with E-state index in [1.807, 2.05) is 0 Å². The summed E-state index contributed by atoms with van der Waals surface area (Å²) in [5, 5.41) is 6.29. The summed E-state index contributed by atoms with van der Waals surface area (Å²) >= 11 is 0. The number of likely N-dealkylation sites (tertiary alicyclic amines) is 1. The van der Waals surface area contributed by atoms with Gasteiger partial charge < -0.3 is 15.5 Å². The van der Waals surface area contributed by atoms with E-state index in [1.54, 1.807) is 13.1 Å². The number of nitrogens with one attached hydrogen (secondary N) is 2. The molecule has 1 aromatic carbocycles. The van der Waals surface area contributed by atoms with Gasteiger partial charge in [-0.3, -0.25) is 4.99 Å². The molecule has 0 bridgehead atoms. The largest absolute Gasteiger partial charge is 0.416 e. The molecule has 136 valence electrons. The van der Waals surface area contributed by atoms with Gasteiger partial charge in [0.2, 0.25) is 0 Å². The first-order valence-corrected chi connectivity index (χ1v) is 7.71. The standard InChI is InChI=1S/C16H23F3N4.HI/c1-20-15(22-11-14-7-4-8-23(14)2)21-10-12-5-3-6-13(9-12)16(17,18)19;/h3,5-6,9,14H,4,7-8,10-11H2,1-2H3,(H2,20,21,22);1H. The molecular formula is C16H24F3IN4. The smallest absolute Gasteiger partial charge is 0.355 e. The molecule has 0 amide bonds. The van der Waals surface area contributed by atoms with Crippen molar-refractivity contribution in [2.45, 2.75) is 31.6 Å². The van der Waals surface area contributed by atoms with E-state index >= 15 is 0 Å². The average Bonchev–Trinajstić information content (AvgIpc) is 2.92. The SMILES string of the molecule is CN=C(NCc1cccc(C(F)(F)F)c1)NCC1CCCN1C.I. The number of nitrogens with zero attached hydrogens (tertiary/aromatic N) is 2. The molecule has 2 N–H and O–H groups in total. The lowest BCUT2D eigenvalue weighted by molar-refractivity contribution is -0.137. The molecule has 0 saturated carbocycles. The Hall–Kier alpha value is -1.03. The van der Waals surface area contributed by atoms with Crippen LogP contribution in [-0.2, 0) is 12.7 Å². The maximum atomic E-state index is 12.7. The summed E-state index contributed by atoms with van der Waals surface area (Å²) in [5.41, 5.74) is -0.0620. The molecule has 1 fully saturated rings. The van der Waals surface area contributed by atoms with Gasteiger partial charge >= 0.3 is 6.18 Å². The van der Waals surface area contributed by atoms with Gasteiger partial charge in [0.05, 0.1) is 5.56 Å². The Bertz CT molecular complexity index is 548. The minimum absolute atomic E-state index is 0. The first-order chi connectivity index (χ1) is 10.9. The number of likely N-dealkylation sites (N-methyl/N-ethyl adjacent to an activating group) is 1. The van der Waals surface area contributed by atoms with Crippen LogP contribution in [0.2, 0.25) is 0 Å². The Kier molecular flexibility index (Phi) is 8.28. The van der Waals surface area contributed by atoms with Crippen molar-refractivity contribution in [3.05, 3.63) is 35.4 Å². The van der Waals surface area contributed by atoms with Crippen molar-refractivity contribution in [2.24, 2.45) is 4.99 Å². The Labute approximate surface area is 157 Å². The van der Waals surface area contributed by atoms with Crippen molar-refractivity contribution < 1.29 is 13.2 Å². The van der Waals surface area contributed by atoms with E-state index in [0.717, 1.165) is 31.6 Å². The third-order valence-corrected chi connectivity index (χ3v) is 4.11. The highest BCUT2D eigenvalue weighted by atomic mass is 127. The Balaban J connectivity index is 0.00000288. The molecule has 1 heterocycles. The molecule has 1 unspecified atom stereocenters. The first kappa shape index (κ1) is 21.0.